The van der Waals surface area contributed by atoms with Crippen LogP contribution in [-0.2, 0) is 9.53 Å². The Hall–Kier alpha value is -0.610. The Labute approximate surface area is 65.1 Å². The van der Waals surface area contributed by atoms with Crippen molar-refractivity contribution in [2.75, 3.05) is 13.1 Å². The van der Waals surface area contributed by atoms with Gasteiger partial charge in [0.25, 0.3) is 0 Å². The number of rotatable bonds is 1. The summed E-state index contributed by atoms with van der Waals surface area (Å²) in [7, 11) is 0. The highest BCUT2D eigenvalue weighted by Crippen LogP contribution is 2.28. The van der Waals surface area contributed by atoms with Crippen LogP contribution in [-0.4, -0.2) is 31.2 Å². The van der Waals surface area contributed by atoms with Gasteiger partial charge >= 0.3 is 0 Å². The predicted molar refractivity (Wildman–Crippen MR) is 38.8 cm³/mol. The summed E-state index contributed by atoms with van der Waals surface area (Å²) in [4.78, 5) is 10.7. The molecule has 4 heteroatoms. The smallest absolute Gasteiger partial charge is 0.246 e. The van der Waals surface area contributed by atoms with E-state index in [4.69, 9.17) is 10.5 Å². The number of hydrogen-bond donors (Lipinski definition) is 2. The lowest BCUT2D eigenvalue weighted by atomic mass is 10.0. The van der Waals surface area contributed by atoms with Crippen LogP contribution in [0.25, 0.3) is 0 Å². The second kappa shape index (κ2) is 2.46. The average Bonchev–Trinajstić information content (AvgIpc) is 2.40. The fraction of sp³-hybridized carbons (Fsp3) is 0.857. The zero-order valence-electron chi connectivity index (χ0n) is 6.25. The van der Waals surface area contributed by atoms with Crippen LogP contribution in [0.1, 0.15) is 6.42 Å². The van der Waals surface area contributed by atoms with Gasteiger partial charge in [0.15, 0.2) is 0 Å². The Balaban J connectivity index is 1.99. The highest BCUT2D eigenvalue weighted by atomic mass is 16.5. The van der Waals surface area contributed by atoms with Gasteiger partial charge in [-0.1, -0.05) is 0 Å². The molecule has 2 saturated heterocycles. The van der Waals surface area contributed by atoms with Crippen LogP contribution < -0.4 is 11.1 Å². The monoisotopic (exact) mass is 156 g/mol. The van der Waals surface area contributed by atoms with E-state index in [-0.39, 0.29) is 18.1 Å². The first-order chi connectivity index (χ1) is 5.27. The molecule has 2 heterocycles. The number of primary amides is 1. The molecule has 2 rings (SSSR count). The molecule has 3 N–H and O–H groups in total. The lowest BCUT2D eigenvalue weighted by Crippen LogP contribution is -2.30. The molecule has 3 atom stereocenters. The van der Waals surface area contributed by atoms with E-state index in [1.54, 1.807) is 0 Å². The molecule has 11 heavy (non-hydrogen) atoms. The summed E-state index contributed by atoms with van der Waals surface area (Å²) in [5.74, 6) is 0.187. The van der Waals surface area contributed by atoms with Gasteiger partial charge in [0, 0.05) is 19.0 Å². The van der Waals surface area contributed by atoms with Crippen LogP contribution in [0.5, 0.6) is 0 Å². The first-order valence-corrected chi connectivity index (χ1v) is 3.93. The first-order valence-electron chi connectivity index (χ1n) is 3.93. The van der Waals surface area contributed by atoms with Crippen molar-refractivity contribution in [3.05, 3.63) is 0 Å². The molecule has 0 spiro atoms. The van der Waals surface area contributed by atoms with Crippen molar-refractivity contribution in [2.45, 2.75) is 18.6 Å². The zero-order valence-corrected chi connectivity index (χ0v) is 6.25. The van der Waals surface area contributed by atoms with E-state index in [1.807, 2.05) is 0 Å². The van der Waals surface area contributed by atoms with Crippen molar-refractivity contribution >= 4 is 5.91 Å². The Morgan fingerprint density at radius 1 is 1.55 bits per heavy atom. The maximum absolute atomic E-state index is 10.7. The van der Waals surface area contributed by atoms with Crippen LogP contribution in [0.3, 0.4) is 0 Å². The fourth-order valence-electron chi connectivity index (χ4n) is 1.83. The van der Waals surface area contributed by atoms with Crippen LogP contribution >= 0.6 is 0 Å². The Bertz CT molecular complexity index is 171. The van der Waals surface area contributed by atoms with E-state index >= 15 is 0 Å². The largest absolute Gasteiger partial charge is 0.367 e. The Kier molecular flexibility index (Phi) is 1.58. The van der Waals surface area contributed by atoms with E-state index in [0.717, 1.165) is 19.5 Å². The lowest BCUT2D eigenvalue weighted by molar-refractivity contribution is -0.128. The number of amides is 1. The normalized spacial score (nSPS) is 42.4. The standard InChI is InChI=1S/C7H12N2O2/c8-7(10)5-1-4-2-9-3-6(4)11-5/h4-6,9H,1-3H2,(H2,8,10). The molecule has 62 valence electrons. The van der Waals surface area contributed by atoms with Crippen molar-refractivity contribution < 1.29 is 9.53 Å². The molecule has 0 aromatic rings. The van der Waals surface area contributed by atoms with Gasteiger partial charge in [0.2, 0.25) is 5.91 Å². The molecular weight excluding hydrogens is 144 g/mol. The van der Waals surface area contributed by atoms with Crippen LogP contribution in [0.15, 0.2) is 0 Å². The highest BCUT2D eigenvalue weighted by Gasteiger charge is 2.40. The summed E-state index contributed by atoms with van der Waals surface area (Å²) >= 11 is 0. The van der Waals surface area contributed by atoms with Crippen molar-refractivity contribution in [1.82, 2.24) is 5.32 Å². The lowest BCUT2D eigenvalue weighted by Gasteiger charge is -2.07. The molecule has 0 radical (unpaired) electrons. The highest BCUT2D eigenvalue weighted by molar-refractivity contribution is 5.79. The number of carbonyl (C=O) groups excluding carboxylic acids is 1. The van der Waals surface area contributed by atoms with E-state index in [9.17, 15) is 4.79 Å². The van der Waals surface area contributed by atoms with Gasteiger partial charge in [-0.3, -0.25) is 4.79 Å². The third kappa shape index (κ3) is 1.12. The minimum absolute atomic E-state index is 0.229. The molecule has 2 aliphatic heterocycles. The van der Waals surface area contributed by atoms with E-state index in [0.29, 0.717) is 5.92 Å². The third-order valence-electron chi connectivity index (χ3n) is 2.45. The molecule has 4 nitrogen and oxygen atoms in total. The fourth-order valence-corrected chi connectivity index (χ4v) is 1.83. The quantitative estimate of drug-likeness (QED) is 0.504. The molecule has 0 saturated carbocycles. The summed E-state index contributed by atoms with van der Waals surface area (Å²) in [6.07, 6.45) is 0.701. The maximum atomic E-state index is 10.7. The van der Waals surface area contributed by atoms with Gasteiger partial charge in [0.1, 0.15) is 6.10 Å². The number of fused-ring (bicyclic) bond motifs is 1. The summed E-state index contributed by atoms with van der Waals surface area (Å²) in [5.41, 5.74) is 5.12. The molecule has 2 fully saturated rings. The van der Waals surface area contributed by atoms with Gasteiger partial charge in [-0.2, -0.15) is 0 Å². The predicted octanol–water partition coefficient (Wildman–Crippen LogP) is -1.15. The average molecular weight is 156 g/mol. The molecule has 0 aliphatic carbocycles. The van der Waals surface area contributed by atoms with E-state index in [2.05, 4.69) is 5.32 Å². The van der Waals surface area contributed by atoms with Crippen LogP contribution in [0.2, 0.25) is 0 Å². The third-order valence-corrected chi connectivity index (χ3v) is 2.45. The molecule has 0 aromatic heterocycles. The van der Waals surface area contributed by atoms with Gasteiger partial charge in [-0.05, 0) is 6.42 Å². The van der Waals surface area contributed by atoms with Gasteiger partial charge in [-0.15, -0.1) is 0 Å². The van der Waals surface area contributed by atoms with Crippen molar-refractivity contribution in [2.24, 2.45) is 11.7 Å². The van der Waals surface area contributed by atoms with Gasteiger partial charge in [0.05, 0.1) is 6.10 Å². The van der Waals surface area contributed by atoms with E-state index in [1.165, 1.54) is 0 Å². The molecule has 2 aliphatic rings. The van der Waals surface area contributed by atoms with Crippen LogP contribution in [0.4, 0.5) is 0 Å². The summed E-state index contributed by atoms with van der Waals surface area (Å²) in [5, 5.41) is 3.21. The number of hydrogen-bond acceptors (Lipinski definition) is 3. The number of carbonyl (C=O) groups is 1. The molecule has 0 aromatic carbocycles. The molecular formula is C7H12N2O2. The summed E-state index contributed by atoms with van der Waals surface area (Å²) in [6, 6.07) is 0. The minimum atomic E-state index is -0.327. The van der Waals surface area contributed by atoms with Crippen molar-refractivity contribution in [1.29, 1.82) is 0 Å². The summed E-state index contributed by atoms with van der Waals surface area (Å²) < 4.78 is 5.41. The maximum Gasteiger partial charge on any atom is 0.246 e. The Morgan fingerprint density at radius 2 is 2.36 bits per heavy atom. The molecule has 1 amide bonds. The number of nitrogens with two attached hydrogens (primary N) is 1. The second-order valence-electron chi connectivity index (χ2n) is 3.22. The number of nitrogens with one attached hydrogen (secondary N) is 1. The Morgan fingerprint density at radius 3 is 3.00 bits per heavy atom. The second-order valence-corrected chi connectivity index (χ2v) is 3.22. The van der Waals surface area contributed by atoms with Crippen molar-refractivity contribution in [3.8, 4) is 0 Å². The van der Waals surface area contributed by atoms with Gasteiger partial charge in [-0.25, -0.2) is 0 Å². The van der Waals surface area contributed by atoms with E-state index < -0.39 is 0 Å². The zero-order chi connectivity index (χ0) is 7.84. The van der Waals surface area contributed by atoms with Crippen molar-refractivity contribution in [3.63, 3.8) is 0 Å². The number of ether oxygens (including phenoxy) is 1. The minimum Gasteiger partial charge on any atom is -0.367 e. The van der Waals surface area contributed by atoms with Gasteiger partial charge < -0.3 is 15.8 Å². The topological polar surface area (TPSA) is 64.4 Å². The SMILES string of the molecule is NC(=O)C1CC2CNCC2O1. The molecule has 0 bridgehead atoms. The van der Waals surface area contributed by atoms with Crippen LogP contribution in [0, 0.1) is 5.92 Å². The first kappa shape index (κ1) is 7.06. The summed E-state index contributed by atoms with van der Waals surface area (Å²) in [6.45, 7) is 1.84. The molecule has 3 unspecified atom stereocenters.